The third-order valence-electron chi connectivity index (χ3n) is 5.14. The van der Waals surface area contributed by atoms with Gasteiger partial charge >= 0.3 is 0 Å². The Bertz CT molecular complexity index is 1280. The van der Waals surface area contributed by atoms with Gasteiger partial charge in [0.25, 0.3) is 5.56 Å². The van der Waals surface area contributed by atoms with Crippen LogP contribution in [0.2, 0.25) is 0 Å². The first-order valence-electron chi connectivity index (χ1n) is 9.43. The lowest BCUT2D eigenvalue weighted by Gasteiger charge is -2.13. The number of hydrogen-bond acceptors (Lipinski definition) is 6. The van der Waals surface area contributed by atoms with Crippen molar-refractivity contribution < 1.29 is 19.3 Å². The molecule has 8 heteroatoms. The monoisotopic (exact) mass is 405 g/mol. The normalized spacial score (nSPS) is 13.5. The van der Waals surface area contributed by atoms with E-state index in [1.165, 1.54) is 4.57 Å². The van der Waals surface area contributed by atoms with E-state index in [0.717, 1.165) is 11.3 Å². The molecule has 5 rings (SSSR count). The second-order valence-electron chi connectivity index (χ2n) is 6.97. The van der Waals surface area contributed by atoms with Crippen molar-refractivity contribution in [3.05, 3.63) is 76.8 Å². The summed E-state index contributed by atoms with van der Waals surface area (Å²) in [6, 6.07) is 14.5. The Morgan fingerprint density at radius 2 is 1.90 bits per heavy atom. The average molecular weight is 405 g/mol. The van der Waals surface area contributed by atoms with Crippen molar-refractivity contribution in [2.45, 2.75) is 12.6 Å². The van der Waals surface area contributed by atoms with E-state index < -0.39 is 6.10 Å². The van der Waals surface area contributed by atoms with Crippen molar-refractivity contribution in [1.29, 1.82) is 0 Å². The van der Waals surface area contributed by atoms with Crippen LogP contribution in [-0.4, -0.2) is 33.2 Å². The summed E-state index contributed by atoms with van der Waals surface area (Å²) in [6.07, 6.45) is 2.45. The van der Waals surface area contributed by atoms with Crippen molar-refractivity contribution in [2.75, 3.05) is 13.9 Å². The van der Waals surface area contributed by atoms with E-state index >= 15 is 0 Å². The van der Waals surface area contributed by atoms with Crippen LogP contribution in [0.1, 0.15) is 11.7 Å². The lowest BCUT2D eigenvalue weighted by molar-refractivity contribution is 0.154. The molecule has 2 aromatic carbocycles. The third kappa shape index (κ3) is 3.17. The number of hydrogen-bond donors (Lipinski definition) is 1. The number of methoxy groups -OCH3 is 1. The molecule has 0 amide bonds. The molecule has 0 bridgehead atoms. The molecule has 0 saturated heterocycles. The van der Waals surface area contributed by atoms with Gasteiger partial charge in [-0.2, -0.15) is 5.10 Å². The van der Waals surface area contributed by atoms with Gasteiger partial charge in [-0.3, -0.25) is 4.79 Å². The zero-order valence-electron chi connectivity index (χ0n) is 16.2. The molecule has 0 fully saturated rings. The molecule has 2 aromatic heterocycles. The van der Waals surface area contributed by atoms with Crippen LogP contribution < -0.4 is 19.8 Å². The van der Waals surface area contributed by atoms with Crippen molar-refractivity contribution in [3.8, 4) is 28.5 Å². The van der Waals surface area contributed by atoms with Gasteiger partial charge in [0.05, 0.1) is 25.5 Å². The summed E-state index contributed by atoms with van der Waals surface area (Å²) in [5.41, 5.74) is 2.42. The highest BCUT2D eigenvalue weighted by atomic mass is 16.7. The Morgan fingerprint density at radius 1 is 1.10 bits per heavy atom. The number of aliphatic hydroxyl groups excluding tert-OH is 1. The van der Waals surface area contributed by atoms with Gasteiger partial charge in [0.15, 0.2) is 11.5 Å². The van der Waals surface area contributed by atoms with Crippen LogP contribution in [0.5, 0.6) is 17.2 Å². The molecule has 1 N–H and O–H groups in total. The predicted octanol–water partition coefficient (Wildman–Crippen LogP) is 2.63. The van der Waals surface area contributed by atoms with E-state index in [1.807, 2.05) is 24.3 Å². The summed E-state index contributed by atoms with van der Waals surface area (Å²) in [5, 5.41) is 15.1. The number of rotatable bonds is 5. The minimum absolute atomic E-state index is 0.109. The Labute approximate surface area is 171 Å². The lowest BCUT2D eigenvalue weighted by Crippen LogP contribution is -2.24. The van der Waals surface area contributed by atoms with E-state index in [-0.39, 0.29) is 18.9 Å². The molecule has 0 saturated carbocycles. The van der Waals surface area contributed by atoms with Crippen molar-refractivity contribution >= 4 is 5.52 Å². The summed E-state index contributed by atoms with van der Waals surface area (Å²) in [6.45, 7) is 0.279. The average Bonchev–Trinajstić information content (AvgIpc) is 3.42. The van der Waals surface area contributed by atoms with Gasteiger partial charge in [-0.05, 0) is 48.0 Å². The topological polar surface area (TPSA) is 87.2 Å². The summed E-state index contributed by atoms with van der Waals surface area (Å²) in [4.78, 5) is 13.0. The van der Waals surface area contributed by atoms with Gasteiger partial charge in [-0.15, -0.1) is 0 Å². The van der Waals surface area contributed by atoms with Gasteiger partial charge in [0, 0.05) is 18.0 Å². The van der Waals surface area contributed by atoms with Crippen LogP contribution in [0, 0.1) is 0 Å². The fraction of sp³-hybridized carbons (Fsp3) is 0.182. The zero-order valence-corrected chi connectivity index (χ0v) is 16.2. The van der Waals surface area contributed by atoms with E-state index in [2.05, 4.69) is 5.10 Å². The highest BCUT2D eigenvalue weighted by Gasteiger charge is 2.18. The first-order chi connectivity index (χ1) is 14.6. The number of ether oxygens (including phenoxy) is 3. The largest absolute Gasteiger partial charge is 0.497 e. The van der Waals surface area contributed by atoms with Crippen LogP contribution in [-0.2, 0) is 6.54 Å². The fourth-order valence-corrected chi connectivity index (χ4v) is 3.48. The number of aliphatic hydroxyl groups is 1. The third-order valence-corrected chi connectivity index (χ3v) is 5.14. The van der Waals surface area contributed by atoms with Gasteiger partial charge in [-0.25, -0.2) is 4.52 Å². The summed E-state index contributed by atoms with van der Waals surface area (Å²) >= 11 is 0. The van der Waals surface area contributed by atoms with Crippen LogP contribution >= 0.6 is 0 Å². The fourth-order valence-electron chi connectivity index (χ4n) is 3.48. The van der Waals surface area contributed by atoms with Crippen LogP contribution in [0.4, 0.5) is 0 Å². The molecule has 0 unspecified atom stereocenters. The summed E-state index contributed by atoms with van der Waals surface area (Å²) in [5.74, 6) is 1.99. The van der Waals surface area contributed by atoms with Crippen molar-refractivity contribution in [3.63, 3.8) is 0 Å². The van der Waals surface area contributed by atoms with Gasteiger partial charge in [0.1, 0.15) is 11.3 Å². The van der Waals surface area contributed by atoms with Crippen molar-refractivity contribution in [1.82, 2.24) is 14.2 Å². The van der Waals surface area contributed by atoms with Crippen LogP contribution in [0.25, 0.3) is 16.8 Å². The standard InChI is InChI=1S/C22H19N3O5/c1-28-16-5-2-14(3-6-16)17-11-18-22(27)24(8-9-25(18)23-17)12-19(26)15-4-7-20-21(10-15)30-13-29-20/h2-11,19,26H,12-13H2,1H3/t19-/m1/s1. The van der Waals surface area contributed by atoms with E-state index in [0.29, 0.717) is 28.3 Å². The zero-order chi connectivity index (χ0) is 20.7. The summed E-state index contributed by atoms with van der Waals surface area (Å²) < 4.78 is 18.9. The molecule has 1 atom stereocenters. The molecule has 8 nitrogen and oxygen atoms in total. The maximum Gasteiger partial charge on any atom is 0.276 e. The molecule has 152 valence electrons. The Kier molecular flexibility index (Phi) is 4.40. The Balaban J connectivity index is 1.43. The highest BCUT2D eigenvalue weighted by Crippen LogP contribution is 2.34. The highest BCUT2D eigenvalue weighted by molar-refractivity contribution is 5.66. The predicted molar refractivity (Wildman–Crippen MR) is 109 cm³/mol. The van der Waals surface area contributed by atoms with Gasteiger partial charge in [0.2, 0.25) is 6.79 Å². The molecule has 30 heavy (non-hydrogen) atoms. The molecule has 0 radical (unpaired) electrons. The number of nitrogens with zero attached hydrogens (tertiary/aromatic N) is 3. The quantitative estimate of drug-likeness (QED) is 0.549. The molecule has 0 spiro atoms. The van der Waals surface area contributed by atoms with E-state index in [1.54, 1.807) is 48.3 Å². The molecule has 1 aliphatic heterocycles. The molecule has 4 aromatic rings. The van der Waals surface area contributed by atoms with E-state index in [4.69, 9.17) is 14.2 Å². The molecular weight excluding hydrogens is 386 g/mol. The summed E-state index contributed by atoms with van der Waals surface area (Å²) in [7, 11) is 1.61. The number of fused-ring (bicyclic) bond motifs is 2. The first kappa shape index (κ1) is 18.3. The SMILES string of the molecule is COc1ccc(-c2cc3c(=O)n(C[C@@H](O)c4ccc5c(c4)OCO5)ccn3n2)cc1. The lowest BCUT2D eigenvalue weighted by atomic mass is 10.1. The molecule has 1 aliphatic rings. The number of aromatic nitrogens is 3. The minimum Gasteiger partial charge on any atom is -0.497 e. The van der Waals surface area contributed by atoms with Gasteiger partial charge < -0.3 is 23.9 Å². The van der Waals surface area contributed by atoms with Gasteiger partial charge in [-0.1, -0.05) is 6.07 Å². The van der Waals surface area contributed by atoms with E-state index in [9.17, 15) is 9.90 Å². The second-order valence-corrected chi connectivity index (χ2v) is 6.97. The maximum atomic E-state index is 13.0. The van der Waals surface area contributed by atoms with Crippen LogP contribution in [0.3, 0.4) is 0 Å². The molecule has 3 heterocycles. The molecular formula is C22H19N3O5. The Hall–Kier alpha value is -3.78. The minimum atomic E-state index is -0.872. The van der Waals surface area contributed by atoms with Crippen molar-refractivity contribution in [2.24, 2.45) is 0 Å². The first-order valence-corrected chi connectivity index (χ1v) is 9.43. The Morgan fingerprint density at radius 3 is 2.70 bits per heavy atom. The maximum absolute atomic E-state index is 13.0. The second kappa shape index (κ2) is 7.23. The van der Waals surface area contributed by atoms with Crippen LogP contribution in [0.15, 0.2) is 65.7 Å². The number of benzene rings is 2. The smallest absolute Gasteiger partial charge is 0.276 e. The molecule has 0 aliphatic carbocycles.